The van der Waals surface area contributed by atoms with Crippen LogP contribution in [0.3, 0.4) is 0 Å². The minimum absolute atomic E-state index is 0.400. The molecule has 0 spiro atoms. The van der Waals surface area contributed by atoms with Crippen LogP contribution >= 0.6 is 15.9 Å². The maximum absolute atomic E-state index is 5.90. The number of methoxy groups -OCH3 is 2. The van der Waals surface area contributed by atoms with Crippen LogP contribution in [0.1, 0.15) is 11.3 Å². The number of aliphatic imine (C=N–C) groups is 1. The molecule has 0 saturated carbocycles. The van der Waals surface area contributed by atoms with E-state index in [9.17, 15) is 0 Å². The van der Waals surface area contributed by atoms with Gasteiger partial charge in [-0.1, -0.05) is 6.07 Å². The van der Waals surface area contributed by atoms with Gasteiger partial charge in [-0.15, -0.1) is 0 Å². The van der Waals surface area contributed by atoms with E-state index in [1.54, 1.807) is 20.4 Å². The van der Waals surface area contributed by atoms with Crippen molar-refractivity contribution in [2.45, 2.75) is 13.0 Å². The molecule has 128 valence electrons. The molecule has 1 aromatic carbocycles. The fraction of sp³-hybridized carbons (Fsp3) is 0.294. The summed E-state index contributed by atoms with van der Waals surface area (Å²) in [7, 11) is 3.20. The number of benzene rings is 1. The van der Waals surface area contributed by atoms with Crippen molar-refractivity contribution in [3.8, 4) is 11.5 Å². The quantitative estimate of drug-likeness (QED) is 0.558. The largest absolute Gasteiger partial charge is 0.493 e. The highest BCUT2D eigenvalue weighted by Gasteiger charge is 2.10. The SMILES string of the molecule is COc1cc(CN=C(N)NCCc2ccccn2)cc(Br)c1OC. The molecule has 0 aliphatic heterocycles. The van der Waals surface area contributed by atoms with Crippen molar-refractivity contribution in [2.24, 2.45) is 10.7 Å². The van der Waals surface area contributed by atoms with E-state index >= 15 is 0 Å². The van der Waals surface area contributed by atoms with Crippen LogP contribution in [0, 0.1) is 0 Å². The van der Waals surface area contributed by atoms with Crippen molar-refractivity contribution in [2.75, 3.05) is 20.8 Å². The number of aromatic nitrogens is 1. The van der Waals surface area contributed by atoms with Gasteiger partial charge in [0.1, 0.15) is 0 Å². The van der Waals surface area contributed by atoms with Gasteiger partial charge in [0.15, 0.2) is 17.5 Å². The lowest BCUT2D eigenvalue weighted by Gasteiger charge is -2.11. The summed E-state index contributed by atoms with van der Waals surface area (Å²) in [5.74, 6) is 1.71. The van der Waals surface area contributed by atoms with Crippen molar-refractivity contribution in [3.63, 3.8) is 0 Å². The Bertz CT molecular complexity index is 692. The van der Waals surface area contributed by atoms with Crippen LogP contribution in [0.4, 0.5) is 0 Å². The van der Waals surface area contributed by atoms with Gasteiger partial charge in [0.25, 0.3) is 0 Å². The van der Waals surface area contributed by atoms with E-state index < -0.39 is 0 Å². The first-order chi connectivity index (χ1) is 11.6. The lowest BCUT2D eigenvalue weighted by atomic mass is 10.2. The summed E-state index contributed by atoms with van der Waals surface area (Å²) < 4.78 is 11.4. The van der Waals surface area contributed by atoms with Gasteiger partial charge in [-0.25, -0.2) is 4.99 Å². The minimum atomic E-state index is 0.400. The lowest BCUT2D eigenvalue weighted by molar-refractivity contribution is 0.352. The predicted octanol–water partition coefficient (Wildman–Crippen LogP) is 2.51. The topological polar surface area (TPSA) is 81.8 Å². The van der Waals surface area contributed by atoms with Crippen molar-refractivity contribution in [3.05, 3.63) is 52.3 Å². The van der Waals surface area contributed by atoms with Gasteiger partial charge < -0.3 is 20.5 Å². The molecule has 6 nitrogen and oxygen atoms in total. The van der Waals surface area contributed by atoms with Gasteiger partial charge in [-0.3, -0.25) is 4.98 Å². The second kappa shape index (κ2) is 9.12. The van der Waals surface area contributed by atoms with E-state index in [0.717, 1.165) is 22.2 Å². The normalized spacial score (nSPS) is 11.2. The number of nitrogens with two attached hydrogens (primary N) is 1. The predicted molar refractivity (Wildman–Crippen MR) is 98.5 cm³/mol. The van der Waals surface area contributed by atoms with Gasteiger partial charge in [-0.05, 0) is 45.8 Å². The number of hydrogen-bond acceptors (Lipinski definition) is 4. The molecular weight excluding hydrogens is 372 g/mol. The summed E-state index contributed by atoms with van der Waals surface area (Å²) in [5.41, 5.74) is 7.88. The van der Waals surface area contributed by atoms with Gasteiger partial charge in [0, 0.05) is 24.9 Å². The molecule has 1 heterocycles. The van der Waals surface area contributed by atoms with E-state index in [4.69, 9.17) is 15.2 Å². The van der Waals surface area contributed by atoms with Crippen LogP contribution in [0.2, 0.25) is 0 Å². The molecule has 0 bridgehead atoms. The van der Waals surface area contributed by atoms with Crippen molar-refractivity contribution < 1.29 is 9.47 Å². The molecule has 0 saturated heterocycles. The maximum Gasteiger partial charge on any atom is 0.188 e. The number of rotatable bonds is 7. The molecule has 2 rings (SSSR count). The van der Waals surface area contributed by atoms with E-state index in [-0.39, 0.29) is 0 Å². The van der Waals surface area contributed by atoms with Gasteiger partial charge in [0.2, 0.25) is 0 Å². The molecule has 0 amide bonds. The first-order valence-electron chi connectivity index (χ1n) is 7.48. The van der Waals surface area contributed by atoms with Crippen LogP contribution in [-0.4, -0.2) is 31.7 Å². The Balaban J connectivity index is 1.91. The molecule has 0 atom stereocenters. The lowest BCUT2D eigenvalue weighted by Crippen LogP contribution is -2.33. The third-order valence-corrected chi connectivity index (χ3v) is 3.93. The van der Waals surface area contributed by atoms with Crippen molar-refractivity contribution in [1.82, 2.24) is 10.3 Å². The zero-order valence-electron chi connectivity index (χ0n) is 13.8. The fourth-order valence-corrected chi connectivity index (χ4v) is 2.81. The van der Waals surface area contributed by atoms with E-state index in [0.29, 0.717) is 30.5 Å². The van der Waals surface area contributed by atoms with Crippen molar-refractivity contribution >= 4 is 21.9 Å². The number of halogens is 1. The Labute approximate surface area is 150 Å². The number of ether oxygens (including phenoxy) is 2. The second-order valence-corrected chi connectivity index (χ2v) is 5.87. The molecule has 0 aliphatic rings. The summed E-state index contributed by atoms with van der Waals surface area (Å²) in [6.45, 7) is 1.13. The zero-order chi connectivity index (χ0) is 17.4. The number of nitrogens with one attached hydrogen (secondary N) is 1. The average molecular weight is 393 g/mol. The molecule has 0 aliphatic carbocycles. The van der Waals surface area contributed by atoms with Gasteiger partial charge >= 0.3 is 0 Å². The van der Waals surface area contributed by atoms with Crippen LogP contribution < -0.4 is 20.5 Å². The second-order valence-electron chi connectivity index (χ2n) is 5.01. The zero-order valence-corrected chi connectivity index (χ0v) is 15.3. The summed E-state index contributed by atoms with van der Waals surface area (Å²) in [6.07, 6.45) is 2.57. The summed E-state index contributed by atoms with van der Waals surface area (Å²) in [5, 5.41) is 3.09. The number of pyridine rings is 1. The summed E-state index contributed by atoms with van der Waals surface area (Å²) in [6, 6.07) is 9.67. The van der Waals surface area contributed by atoms with Crippen LogP contribution in [0.25, 0.3) is 0 Å². The van der Waals surface area contributed by atoms with Gasteiger partial charge in [0.05, 0.1) is 25.2 Å². The molecule has 2 aromatic rings. The molecule has 1 aromatic heterocycles. The van der Waals surface area contributed by atoms with Crippen molar-refractivity contribution in [1.29, 1.82) is 0 Å². The molecule has 0 radical (unpaired) electrons. The highest BCUT2D eigenvalue weighted by molar-refractivity contribution is 9.10. The first-order valence-corrected chi connectivity index (χ1v) is 8.27. The number of hydrogen-bond donors (Lipinski definition) is 2. The first kappa shape index (κ1) is 18.1. The Morgan fingerprint density at radius 1 is 1.29 bits per heavy atom. The number of nitrogens with zero attached hydrogens (tertiary/aromatic N) is 2. The Kier molecular flexibility index (Phi) is 6.87. The number of guanidine groups is 1. The van der Waals surface area contributed by atoms with E-state index in [2.05, 4.69) is 31.2 Å². The van der Waals surface area contributed by atoms with E-state index in [1.165, 1.54) is 0 Å². The monoisotopic (exact) mass is 392 g/mol. The molecule has 0 unspecified atom stereocenters. The fourth-order valence-electron chi connectivity index (χ4n) is 2.16. The Morgan fingerprint density at radius 2 is 2.12 bits per heavy atom. The minimum Gasteiger partial charge on any atom is -0.493 e. The highest BCUT2D eigenvalue weighted by Crippen LogP contribution is 2.36. The highest BCUT2D eigenvalue weighted by atomic mass is 79.9. The van der Waals surface area contributed by atoms with E-state index in [1.807, 2.05) is 30.3 Å². The third kappa shape index (κ3) is 5.13. The van der Waals surface area contributed by atoms with Crippen LogP contribution in [-0.2, 0) is 13.0 Å². The molecule has 24 heavy (non-hydrogen) atoms. The molecule has 0 fully saturated rings. The Hall–Kier alpha value is -2.28. The molecule has 3 N–H and O–H groups in total. The molecule has 7 heteroatoms. The third-order valence-electron chi connectivity index (χ3n) is 3.34. The average Bonchev–Trinajstić information content (AvgIpc) is 2.60. The summed E-state index contributed by atoms with van der Waals surface area (Å²) >= 11 is 3.47. The van der Waals surface area contributed by atoms with Gasteiger partial charge in [-0.2, -0.15) is 0 Å². The standard InChI is InChI=1S/C17H21BrN4O2/c1-23-15-10-12(9-14(18)16(15)24-2)11-22-17(19)21-8-6-13-5-3-4-7-20-13/h3-5,7,9-10H,6,8,11H2,1-2H3,(H3,19,21,22). The summed E-state index contributed by atoms with van der Waals surface area (Å²) in [4.78, 5) is 8.61. The van der Waals surface area contributed by atoms with Crippen LogP contribution in [0.15, 0.2) is 46.0 Å². The molecular formula is C17H21BrN4O2. The van der Waals surface area contributed by atoms with Crippen LogP contribution in [0.5, 0.6) is 11.5 Å². The Morgan fingerprint density at radius 3 is 2.79 bits per heavy atom. The smallest absolute Gasteiger partial charge is 0.188 e. The maximum atomic E-state index is 5.90.